The minimum atomic E-state index is -0.623. The Morgan fingerprint density at radius 2 is 2.14 bits per heavy atom. The van der Waals surface area contributed by atoms with Gasteiger partial charge in [0.2, 0.25) is 5.91 Å². The van der Waals surface area contributed by atoms with Crippen LogP contribution < -0.4 is 10.9 Å². The fraction of sp³-hybridized carbons (Fsp3) is 0.267. The van der Waals surface area contributed by atoms with Gasteiger partial charge >= 0.3 is 0 Å². The molecule has 1 aromatic heterocycles. The van der Waals surface area contributed by atoms with Crippen LogP contribution in [0.4, 0.5) is 10.2 Å². The van der Waals surface area contributed by atoms with Gasteiger partial charge in [-0.25, -0.2) is 9.37 Å². The highest BCUT2D eigenvalue weighted by Gasteiger charge is 2.32. The third kappa shape index (κ3) is 2.64. The second kappa shape index (κ2) is 5.92. The Morgan fingerprint density at radius 1 is 1.36 bits per heavy atom. The van der Waals surface area contributed by atoms with E-state index in [1.807, 2.05) is 6.92 Å². The lowest BCUT2D eigenvalue weighted by molar-refractivity contribution is -0.116. The van der Waals surface area contributed by atoms with E-state index in [9.17, 15) is 14.0 Å². The Labute approximate surface area is 130 Å². The molecule has 2 heterocycles. The molecular formula is C15H14FN3O2S. The number of carbonyl (C=O) groups excluding carboxylic acids is 1. The number of benzene rings is 1. The highest BCUT2D eigenvalue weighted by atomic mass is 32.2. The topological polar surface area (TPSA) is 74.8 Å². The number of aromatic nitrogens is 2. The summed E-state index contributed by atoms with van der Waals surface area (Å²) in [7, 11) is 0. The lowest BCUT2D eigenvalue weighted by atomic mass is 9.86. The largest absolute Gasteiger partial charge is 0.310 e. The van der Waals surface area contributed by atoms with Gasteiger partial charge in [0.25, 0.3) is 5.56 Å². The summed E-state index contributed by atoms with van der Waals surface area (Å²) in [5.41, 5.74) is 0.307. The van der Waals surface area contributed by atoms with Gasteiger partial charge in [0.05, 0.1) is 5.56 Å². The highest BCUT2D eigenvalue weighted by molar-refractivity contribution is 7.99. The van der Waals surface area contributed by atoms with E-state index in [1.165, 1.54) is 17.8 Å². The number of nitrogens with one attached hydrogen (secondary N) is 2. The number of fused-ring (bicyclic) bond motifs is 1. The number of halogens is 1. The molecule has 1 aliphatic rings. The molecule has 3 rings (SSSR count). The van der Waals surface area contributed by atoms with Crippen LogP contribution in [0.5, 0.6) is 0 Å². The third-order valence-corrected chi connectivity index (χ3v) is 4.25. The van der Waals surface area contributed by atoms with E-state index >= 15 is 0 Å². The van der Waals surface area contributed by atoms with Gasteiger partial charge in [0.1, 0.15) is 11.6 Å². The zero-order valence-electron chi connectivity index (χ0n) is 11.9. The molecule has 114 valence electrons. The lowest BCUT2D eigenvalue weighted by Crippen LogP contribution is -2.31. The van der Waals surface area contributed by atoms with Crippen LogP contribution in [0.15, 0.2) is 34.2 Å². The predicted molar refractivity (Wildman–Crippen MR) is 82.7 cm³/mol. The van der Waals surface area contributed by atoms with Gasteiger partial charge in [-0.2, -0.15) is 0 Å². The molecule has 0 saturated heterocycles. The molecule has 0 bridgehead atoms. The number of aromatic amines is 1. The molecule has 7 heteroatoms. The Hall–Kier alpha value is -2.15. The van der Waals surface area contributed by atoms with Crippen LogP contribution in [-0.2, 0) is 4.79 Å². The van der Waals surface area contributed by atoms with E-state index in [1.54, 1.807) is 18.2 Å². The number of nitrogens with zero attached hydrogens (tertiary/aromatic N) is 1. The average molecular weight is 319 g/mol. The smallest absolute Gasteiger partial charge is 0.257 e. The third-order valence-electron chi connectivity index (χ3n) is 3.49. The number of carbonyl (C=O) groups is 1. The minimum Gasteiger partial charge on any atom is -0.310 e. The maximum atomic E-state index is 14.1. The maximum Gasteiger partial charge on any atom is 0.257 e. The van der Waals surface area contributed by atoms with E-state index in [0.717, 1.165) is 5.75 Å². The number of H-pyrrole nitrogens is 1. The van der Waals surface area contributed by atoms with Crippen LogP contribution in [-0.4, -0.2) is 21.6 Å². The quantitative estimate of drug-likeness (QED) is 0.673. The number of amides is 1. The van der Waals surface area contributed by atoms with E-state index in [0.29, 0.717) is 16.3 Å². The lowest BCUT2D eigenvalue weighted by Gasteiger charge is -2.24. The van der Waals surface area contributed by atoms with Gasteiger partial charge in [0, 0.05) is 12.3 Å². The SMILES string of the molecule is CCSc1nc2c(c(=O)[nH]1)C(c1ccccc1F)CC(=O)N2. The summed E-state index contributed by atoms with van der Waals surface area (Å²) in [6, 6.07) is 6.18. The van der Waals surface area contributed by atoms with Crippen molar-refractivity contribution in [1.82, 2.24) is 9.97 Å². The summed E-state index contributed by atoms with van der Waals surface area (Å²) < 4.78 is 14.1. The molecule has 22 heavy (non-hydrogen) atoms. The number of rotatable bonds is 3. The van der Waals surface area contributed by atoms with E-state index in [2.05, 4.69) is 15.3 Å². The Bertz CT molecular complexity index is 791. The van der Waals surface area contributed by atoms with Crippen LogP contribution in [0.25, 0.3) is 0 Å². The van der Waals surface area contributed by atoms with Crippen molar-refractivity contribution in [2.24, 2.45) is 0 Å². The first-order chi connectivity index (χ1) is 10.6. The van der Waals surface area contributed by atoms with E-state index < -0.39 is 11.7 Å². The average Bonchev–Trinajstić information content (AvgIpc) is 2.46. The van der Waals surface area contributed by atoms with Crippen molar-refractivity contribution in [2.45, 2.75) is 24.4 Å². The summed E-state index contributed by atoms with van der Waals surface area (Å²) in [6.45, 7) is 1.94. The summed E-state index contributed by atoms with van der Waals surface area (Å²) >= 11 is 1.37. The monoisotopic (exact) mass is 319 g/mol. The summed E-state index contributed by atoms with van der Waals surface area (Å²) in [5, 5.41) is 3.06. The van der Waals surface area contributed by atoms with Gasteiger partial charge in [-0.1, -0.05) is 36.9 Å². The second-order valence-electron chi connectivity index (χ2n) is 4.89. The summed E-state index contributed by atoms with van der Waals surface area (Å²) in [5.74, 6) is -0.358. The zero-order valence-corrected chi connectivity index (χ0v) is 12.7. The first-order valence-electron chi connectivity index (χ1n) is 6.91. The first kappa shape index (κ1) is 14.8. The van der Waals surface area contributed by atoms with Crippen LogP contribution in [0, 0.1) is 5.82 Å². The molecule has 1 unspecified atom stereocenters. The molecular weight excluding hydrogens is 305 g/mol. The van der Waals surface area contributed by atoms with Crippen molar-refractivity contribution in [3.05, 3.63) is 51.6 Å². The van der Waals surface area contributed by atoms with Crippen molar-refractivity contribution in [2.75, 3.05) is 11.1 Å². The molecule has 1 aliphatic heterocycles. The second-order valence-corrected chi connectivity index (χ2v) is 6.15. The van der Waals surface area contributed by atoms with Gasteiger partial charge in [-0.3, -0.25) is 9.59 Å². The molecule has 5 nitrogen and oxygen atoms in total. The molecule has 0 aliphatic carbocycles. The molecule has 1 amide bonds. The molecule has 1 atom stereocenters. The van der Waals surface area contributed by atoms with Crippen molar-refractivity contribution >= 4 is 23.5 Å². The Morgan fingerprint density at radius 3 is 2.86 bits per heavy atom. The number of hydrogen-bond donors (Lipinski definition) is 2. The van der Waals surface area contributed by atoms with Gasteiger partial charge in [-0.15, -0.1) is 0 Å². The first-order valence-corrected chi connectivity index (χ1v) is 7.90. The molecule has 2 N–H and O–H groups in total. The molecule has 2 aromatic rings. The van der Waals surface area contributed by atoms with E-state index in [-0.39, 0.29) is 23.7 Å². The number of hydrogen-bond acceptors (Lipinski definition) is 4. The summed E-state index contributed by atoms with van der Waals surface area (Å²) in [4.78, 5) is 31.3. The minimum absolute atomic E-state index is 0.0267. The van der Waals surface area contributed by atoms with Crippen LogP contribution >= 0.6 is 11.8 Å². The van der Waals surface area contributed by atoms with Crippen LogP contribution in [0.1, 0.15) is 30.4 Å². The van der Waals surface area contributed by atoms with Gasteiger partial charge in [0.15, 0.2) is 5.16 Å². The molecule has 0 saturated carbocycles. The standard InChI is InChI=1S/C15H14FN3O2S/c1-2-22-15-18-13-12(14(21)19-15)9(7-11(20)17-13)8-5-3-4-6-10(8)16/h3-6,9H,2,7H2,1H3,(H2,17,18,19,20,21). The van der Waals surface area contributed by atoms with Gasteiger partial charge in [-0.05, 0) is 17.4 Å². The van der Waals surface area contributed by atoms with Crippen molar-refractivity contribution in [3.8, 4) is 0 Å². The van der Waals surface area contributed by atoms with Gasteiger partial charge < -0.3 is 10.3 Å². The zero-order chi connectivity index (χ0) is 15.7. The van der Waals surface area contributed by atoms with Crippen molar-refractivity contribution in [3.63, 3.8) is 0 Å². The normalized spacial score (nSPS) is 17.0. The molecule has 0 radical (unpaired) electrons. The van der Waals surface area contributed by atoms with Crippen molar-refractivity contribution in [1.29, 1.82) is 0 Å². The highest BCUT2D eigenvalue weighted by Crippen LogP contribution is 2.35. The Kier molecular flexibility index (Phi) is 3.98. The molecule has 0 spiro atoms. The molecule has 0 fully saturated rings. The summed E-state index contributed by atoms with van der Waals surface area (Å²) in [6.07, 6.45) is 0.0267. The number of thioether (sulfide) groups is 1. The molecule has 1 aromatic carbocycles. The van der Waals surface area contributed by atoms with Crippen molar-refractivity contribution < 1.29 is 9.18 Å². The maximum absolute atomic E-state index is 14.1. The Balaban J connectivity index is 2.16. The number of anilines is 1. The predicted octanol–water partition coefficient (Wildman–Crippen LogP) is 2.50. The van der Waals surface area contributed by atoms with Crippen LogP contribution in [0.3, 0.4) is 0 Å². The fourth-order valence-corrected chi connectivity index (χ4v) is 3.17. The fourth-order valence-electron chi connectivity index (χ4n) is 2.58. The van der Waals surface area contributed by atoms with E-state index in [4.69, 9.17) is 0 Å². The van der Waals surface area contributed by atoms with Crippen LogP contribution in [0.2, 0.25) is 0 Å².